The Balaban J connectivity index is 1.03. The lowest BCUT2D eigenvalue weighted by Gasteiger charge is -2.25. The highest BCUT2D eigenvalue weighted by atomic mass is 19.1. The Morgan fingerprint density at radius 1 is 0.267 bits per heavy atom. The molecule has 0 radical (unpaired) electrons. The summed E-state index contributed by atoms with van der Waals surface area (Å²) in [6.07, 6.45) is 0. The standard InChI is InChI=1S/C54H32F2N4/c55-33-11-7-17-37(27-33)57(35-13-3-1-4-14-35)39-23-25-49-45(29-39)41-19-9-21-43-47-32-52-48(31-51(47)59(49)53(41)43)44-22-10-20-42-46-30-40(24-26-50(46)60(52)54(42)44)58(36-15-5-2-6-16-36)38-18-8-12-34(56)28-38/h1-32H. The molecule has 282 valence electrons. The minimum Gasteiger partial charge on any atom is -0.310 e. The number of halogens is 2. The van der Waals surface area contributed by atoms with Gasteiger partial charge < -0.3 is 18.6 Å². The highest BCUT2D eigenvalue weighted by Crippen LogP contribution is 2.47. The third-order valence-electron chi connectivity index (χ3n) is 12.4. The molecule has 0 aliphatic heterocycles. The molecule has 0 atom stereocenters. The summed E-state index contributed by atoms with van der Waals surface area (Å²) in [6, 6.07) is 65.0. The van der Waals surface area contributed by atoms with Crippen LogP contribution in [0.5, 0.6) is 0 Å². The summed E-state index contributed by atoms with van der Waals surface area (Å²) in [5.41, 5.74) is 12.3. The van der Waals surface area contributed by atoms with Crippen molar-refractivity contribution in [1.29, 1.82) is 0 Å². The molecule has 0 saturated heterocycles. The fraction of sp³-hybridized carbons (Fsp3) is 0. The van der Waals surface area contributed by atoms with Crippen molar-refractivity contribution in [2.24, 2.45) is 0 Å². The third-order valence-corrected chi connectivity index (χ3v) is 12.4. The van der Waals surface area contributed by atoms with Gasteiger partial charge in [0.05, 0.1) is 33.1 Å². The Kier molecular flexibility index (Phi) is 6.76. The van der Waals surface area contributed by atoms with Gasteiger partial charge in [0.2, 0.25) is 0 Å². The first-order valence-electron chi connectivity index (χ1n) is 20.1. The zero-order valence-electron chi connectivity index (χ0n) is 32.0. The Hall–Kier alpha value is -7.96. The SMILES string of the molecule is Fc1cccc(N(c2ccccc2)c2ccc3c(c2)c2cccc4c5cc6c(cc5n3c24)c2cccc3c4cc(N(c5ccccc5)c5cccc(F)c5)ccc4n6c32)c1. The highest BCUT2D eigenvalue weighted by molar-refractivity contribution is 6.29. The van der Waals surface area contributed by atoms with Crippen LogP contribution in [0.15, 0.2) is 194 Å². The second kappa shape index (κ2) is 12.3. The molecule has 4 aromatic heterocycles. The summed E-state index contributed by atoms with van der Waals surface area (Å²) < 4.78 is 34.2. The Morgan fingerprint density at radius 2 is 0.617 bits per heavy atom. The van der Waals surface area contributed by atoms with Crippen LogP contribution in [0.4, 0.5) is 42.9 Å². The number of nitrogens with zero attached hydrogens (tertiary/aromatic N) is 4. The van der Waals surface area contributed by atoms with Gasteiger partial charge in [-0.25, -0.2) is 8.78 Å². The first-order valence-corrected chi connectivity index (χ1v) is 20.1. The van der Waals surface area contributed by atoms with E-state index in [1.165, 1.54) is 55.5 Å². The first-order chi connectivity index (χ1) is 29.6. The molecule has 4 nitrogen and oxygen atoms in total. The summed E-state index contributed by atoms with van der Waals surface area (Å²) in [7, 11) is 0. The van der Waals surface area contributed by atoms with E-state index in [2.05, 4.69) is 128 Å². The van der Waals surface area contributed by atoms with Gasteiger partial charge in [0.1, 0.15) is 11.6 Å². The molecule has 0 amide bonds. The molecule has 6 heteroatoms. The molecule has 60 heavy (non-hydrogen) atoms. The van der Waals surface area contributed by atoms with Crippen LogP contribution < -0.4 is 9.80 Å². The van der Waals surface area contributed by atoms with Gasteiger partial charge in [-0.15, -0.1) is 0 Å². The Labute approximate surface area is 342 Å². The third kappa shape index (κ3) is 4.58. The lowest BCUT2D eigenvalue weighted by atomic mass is 10.0. The van der Waals surface area contributed by atoms with E-state index in [-0.39, 0.29) is 11.6 Å². The van der Waals surface area contributed by atoms with Crippen molar-refractivity contribution >= 4 is 110 Å². The zero-order valence-corrected chi connectivity index (χ0v) is 32.0. The molecule has 9 aromatic carbocycles. The van der Waals surface area contributed by atoms with Crippen molar-refractivity contribution in [3.63, 3.8) is 0 Å². The Morgan fingerprint density at radius 3 is 1.02 bits per heavy atom. The van der Waals surface area contributed by atoms with Crippen LogP contribution in [0.1, 0.15) is 0 Å². The zero-order chi connectivity index (χ0) is 39.6. The van der Waals surface area contributed by atoms with E-state index < -0.39 is 0 Å². The molecule has 0 saturated carbocycles. The Bertz CT molecular complexity index is 3560. The fourth-order valence-electron chi connectivity index (χ4n) is 9.98. The van der Waals surface area contributed by atoms with Crippen LogP contribution in [0.25, 0.3) is 76.2 Å². The number of rotatable bonds is 6. The predicted molar refractivity (Wildman–Crippen MR) is 245 cm³/mol. The maximum atomic E-state index is 14.7. The smallest absolute Gasteiger partial charge is 0.125 e. The first kappa shape index (κ1) is 33.1. The normalized spacial score (nSPS) is 12.2. The second-order valence-electron chi connectivity index (χ2n) is 15.7. The monoisotopic (exact) mass is 774 g/mol. The van der Waals surface area contributed by atoms with Crippen LogP contribution in [0.3, 0.4) is 0 Å². The van der Waals surface area contributed by atoms with E-state index >= 15 is 0 Å². The number of anilines is 6. The molecule has 0 bridgehead atoms. The molecular weight excluding hydrogens is 743 g/mol. The van der Waals surface area contributed by atoms with Crippen LogP contribution in [0.2, 0.25) is 0 Å². The van der Waals surface area contributed by atoms with Gasteiger partial charge in [-0.2, -0.15) is 0 Å². The number of benzene rings is 9. The van der Waals surface area contributed by atoms with Crippen molar-refractivity contribution in [1.82, 2.24) is 8.80 Å². The molecule has 0 aliphatic carbocycles. The van der Waals surface area contributed by atoms with E-state index in [0.717, 1.165) is 67.0 Å². The number of hydrogen-bond acceptors (Lipinski definition) is 2. The molecule has 0 N–H and O–H groups in total. The molecular formula is C54H32F2N4. The van der Waals surface area contributed by atoms with Gasteiger partial charge in [0.25, 0.3) is 0 Å². The maximum absolute atomic E-state index is 14.7. The number of hydrogen-bond donors (Lipinski definition) is 0. The van der Waals surface area contributed by atoms with E-state index in [0.29, 0.717) is 0 Å². The molecule has 0 fully saturated rings. The maximum Gasteiger partial charge on any atom is 0.125 e. The highest BCUT2D eigenvalue weighted by Gasteiger charge is 2.24. The van der Waals surface area contributed by atoms with Gasteiger partial charge in [0.15, 0.2) is 0 Å². The molecule has 0 aliphatic rings. The number of aromatic nitrogens is 2. The van der Waals surface area contributed by atoms with Gasteiger partial charge in [-0.3, -0.25) is 0 Å². The number of para-hydroxylation sites is 4. The topological polar surface area (TPSA) is 15.3 Å². The molecule has 13 rings (SSSR count). The average molecular weight is 775 g/mol. The summed E-state index contributed by atoms with van der Waals surface area (Å²) in [4.78, 5) is 4.23. The molecule has 0 spiro atoms. The van der Waals surface area contributed by atoms with E-state index in [4.69, 9.17) is 0 Å². The molecule has 13 aromatic rings. The summed E-state index contributed by atoms with van der Waals surface area (Å²) >= 11 is 0. The van der Waals surface area contributed by atoms with Crippen LogP contribution in [-0.2, 0) is 0 Å². The largest absolute Gasteiger partial charge is 0.310 e. The minimum atomic E-state index is -0.273. The fourth-order valence-corrected chi connectivity index (χ4v) is 9.98. The van der Waals surface area contributed by atoms with E-state index in [9.17, 15) is 8.78 Å². The van der Waals surface area contributed by atoms with Crippen molar-refractivity contribution in [2.45, 2.75) is 0 Å². The molecule has 0 unspecified atom stereocenters. The molecule has 4 heterocycles. The van der Waals surface area contributed by atoms with Crippen molar-refractivity contribution < 1.29 is 8.78 Å². The van der Waals surface area contributed by atoms with Crippen LogP contribution in [0, 0.1) is 11.6 Å². The van der Waals surface area contributed by atoms with Crippen LogP contribution >= 0.6 is 0 Å². The summed E-state index contributed by atoms with van der Waals surface area (Å²) in [6.45, 7) is 0. The van der Waals surface area contributed by atoms with E-state index in [1.807, 2.05) is 48.5 Å². The lowest BCUT2D eigenvalue weighted by molar-refractivity contribution is 0.627. The summed E-state index contributed by atoms with van der Waals surface area (Å²) in [5.74, 6) is -0.546. The lowest BCUT2D eigenvalue weighted by Crippen LogP contribution is -2.10. The minimum absolute atomic E-state index is 0.273. The van der Waals surface area contributed by atoms with Crippen LogP contribution in [-0.4, -0.2) is 8.80 Å². The van der Waals surface area contributed by atoms with E-state index in [1.54, 1.807) is 24.3 Å². The van der Waals surface area contributed by atoms with Gasteiger partial charge in [-0.05, 0) is 109 Å². The number of fused-ring (bicyclic) bond motifs is 12. The van der Waals surface area contributed by atoms with Crippen molar-refractivity contribution in [3.05, 3.63) is 206 Å². The summed E-state index contributed by atoms with van der Waals surface area (Å²) in [5, 5.41) is 9.45. The van der Waals surface area contributed by atoms with Gasteiger partial charge in [-0.1, -0.05) is 84.9 Å². The van der Waals surface area contributed by atoms with Gasteiger partial charge >= 0.3 is 0 Å². The van der Waals surface area contributed by atoms with Crippen molar-refractivity contribution in [2.75, 3.05) is 9.80 Å². The average Bonchev–Trinajstić information content (AvgIpc) is 4.00. The second-order valence-corrected chi connectivity index (χ2v) is 15.7. The quantitative estimate of drug-likeness (QED) is 0.167. The van der Waals surface area contributed by atoms with Crippen molar-refractivity contribution in [3.8, 4) is 0 Å². The predicted octanol–water partition coefficient (Wildman–Crippen LogP) is 15.2. The van der Waals surface area contributed by atoms with Gasteiger partial charge in [0, 0.05) is 77.2 Å².